The first-order valence-corrected chi connectivity index (χ1v) is 10.2. The van der Waals surface area contributed by atoms with Crippen LogP contribution in [0.25, 0.3) is 16.8 Å². The first-order chi connectivity index (χ1) is 14.2. The first kappa shape index (κ1) is 20.1. The van der Waals surface area contributed by atoms with Gasteiger partial charge in [0.2, 0.25) is 0 Å². The van der Waals surface area contributed by atoms with Gasteiger partial charge in [0, 0.05) is 61.0 Å². The average Bonchev–Trinajstić information content (AvgIpc) is 3.14. The molecule has 1 saturated heterocycles. The third-order valence-corrected chi connectivity index (χ3v) is 5.16. The molecule has 0 saturated carbocycles. The molecule has 158 valence electrons. The number of amides is 1. The highest BCUT2D eigenvalue weighted by Crippen LogP contribution is 2.26. The van der Waals surface area contributed by atoms with Gasteiger partial charge in [0.15, 0.2) is 5.65 Å². The van der Waals surface area contributed by atoms with Gasteiger partial charge in [0.25, 0.3) is 0 Å². The lowest BCUT2D eigenvalue weighted by Gasteiger charge is -2.45. The lowest BCUT2D eigenvalue weighted by atomic mass is 10.1. The molecule has 1 fully saturated rings. The molecule has 1 aliphatic rings. The number of hydrogen-bond donors (Lipinski definition) is 0. The van der Waals surface area contributed by atoms with E-state index >= 15 is 0 Å². The van der Waals surface area contributed by atoms with Crippen LogP contribution in [0.3, 0.4) is 0 Å². The Labute approximate surface area is 176 Å². The maximum atomic E-state index is 12.5. The van der Waals surface area contributed by atoms with Gasteiger partial charge in [0.1, 0.15) is 11.4 Å². The van der Waals surface area contributed by atoms with E-state index in [0.29, 0.717) is 13.1 Å². The smallest absolute Gasteiger partial charge is 0.410 e. The fourth-order valence-electron chi connectivity index (χ4n) is 3.92. The quantitative estimate of drug-likeness (QED) is 0.645. The second-order valence-electron chi connectivity index (χ2n) is 8.87. The Morgan fingerprint density at radius 2 is 1.73 bits per heavy atom. The standard InChI is InChI=1S/C22H28N6O2/c1-15-12-26(21(29)30-22(3,4)5)13-16(2)28(15)20-7-6-17(10-24-20)18-11-23-19-8-9-25-27(19)14-18/h6-11,14-16H,12-13H2,1-5H3/t15-,16-/m0/s1. The second kappa shape index (κ2) is 7.59. The molecule has 0 radical (unpaired) electrons. The van der Waals surface area contributed by atoms with E-state index in [1.165, 1.54) is 0 Å². The number of nitrogens with zero attached hydrogens (tertiary/aromatic N) is 6. The zero-order valence-corrected chi connectivity index (χ0v) is 18.1. The van der Waals surface area contributed by atoms with Crippen LogP contribution in [0.15, 0.2) is 43.0 Å². The summed E-state index contributed by atoms with van der Waals surface area (Å²) >= 11 is 0. The van der Waals surface area contributed by atoms with Crippen molar-refractivity contribution >= 4 is 17.6 Å². The van der Waals surface area contributed by atoms with E-state index in [4.69, 9.17) is 9.72 Å². The van der Waals surface area contributed by atoms with Gasteiger partial charge < -0.3 is 14.5 Å². The molecule has 4 heterocycles. The highest BCUT2D eigenvalue weighted by Gasteiger charge is 2.34. The zero-order valence-electron chi connectivity index (χ0n) is 18.1. The average molecular weight is 409 g/mol. The molecule has 2 atom stereocenters. The summed E-state index contributed by atoms with van der Waals surface area (Å²) in [6.07, 6.45) is 7.11. The van der Waals surface area contributed by atoms with E-state index < -0.39 is 5.60 Å². The van der Waals surface area contributed by atoms with Crippen molar-refractivity contribution in [3.05, 3.63) is 43.0 Å². The molecule has 8 heteroatoms. The summed E-state index contributed by atoms with van der Waals surface area (Å²) in [6, 6.07) is 6.20. The van der Waals surface area contributed by atoms with Crippen LogP contribution >= 0.6 is 0 Å². The summed E-state index contributed by atoms with van der Waals surface area (Å²) < 4.78 is 7.30. The Kier molecular flexibility index (Phi) is 5.09. The van der Waals surface area contributed by atoms with Gasteiger partial charge in [0.05, 0.1) is 6.20 Å². The van der Waals surface area contributed by atoms with E-state index in [0.717, 1.165) is 22.6 Å². The number of aromatic nitrogens is 4. The van der Waals surface area contributed by atoms with E-state index in [1.807, 2.05) is 57.6 Å². The summed E-state index contributed by atoms with van der Waals surface area (Å²) in [4.78, 5) is 25.7. The lowest BCUT2D eigenvalue weighted by molar-refractivity contribution is 0.0192. The van der Waals surface area contributed by atoms with Gasteiger partial charge in [-0.05, 0) is 46.8 Å². The summed E-state index contributed by atoms with van der Waals surface area (Å²) in [6.45, 7) is 11.1. The van der Waals surface area contributed by atoms with Crippen LogP contribution < -0.4 is 4.90 Å². The molecular formula is C22H28N6O2. The van der Waals surface area contributed by atoms with Crippen molar-refractivity contribution in [3.8, 4) is 11.1 Å². The van der Waals surface area contributed by atoms with Crippen molar-refractivity contribution in [1.29, 1.82) is 0 Å². The van der Waals surface area contributed by atoms with Gasteiger partial charge in [-0.15, -0.1) is 0 Å². The third-order valence-electron chi connectivity index (χ3n) is 5.16. The van der Waals surface area contributed by atoms with Crippen molar-refractivity contribution < 1.29 is 9.53 Å². The number of fused-ring (bicyclic) bond motifs is 1. The normalized spacial score (nSPS) is 19.9. The molecule has 3 aromatic rings. The molecule has 1 amide bonds. The largest absolute Gasteiger partial charge is 0.444 e. The van der Waals surface area contributed by atoms with Crippen molar-refractivity contribution in [2.24, 2.45) is 0 Å². The summed E-state index contributed by atoms with van der Waals surface area (Å²) in [7, 11) is 0. The number of carbonyl (C=O) groups is 1. The number of anilines is 1. The number of carbonyl (C=O) groups excluding carboxylic acids is 1. The van der Waals surface area contributed by atoms with Crippen molar-refractivity contribution in [2.45, 2.75) is 52.3 Å². The molecule has 0 spiro atoms. The highest BCUT2D eigenvalue weighted by atomic mass is 16.6. The van der Waals surface area contributed by atoms with Crippen LogP contribution in [-0.2, 0) is 4.74 Å². The highest BCUT2D eigenvalue weighted by molar-refractivity contribution is 5.69. The van der Waals surface area contributed by atoms with E-state index in [-0.39, 0.29) is 18.2 Å². The van der Waals surface area contributed by atoms with Crippen LogP contribution in [0.2, 0.25) is 0 Å². The zero-order chi connectivity index (χ0) is 21.5. The molecular weight excluding hydrogens is 380 g/mol. The Morgan fingerprint density at radius 1 is 1.03 bits per heavy atom. The fourth-order valence-corrected chi connectivity index (χ4v) is 3.92. The Morgan fingerprint density at radius 3 is 2.37 bits per heavy atom. The molecule has 0 aliphatic carbocycles. The van der Waals surface area contributed by atoms with E-state index in [9.17, 15) is 4.79 Å². The predicted octanol–water partition coefficient (Wildman–Crippen LogP) is 3.63. The van der Waals surface area contributed by atoms with Gasteiger partial charge in [-0.25, -0.2) is 19.3 Å². The molecule has 0 aromatic carbocycles. The minimum Gasteiger partial charge on any atom is -0.444 e. The van der Waals surface area contributed by atoms with E-state index in [2.05, 4.69) is 28.8 Å². The van der Waals surface area contributed by atoms with E-state index in [1.54, 1.807) is 15.6 Å². The Hall–Kier alpha value is -3.16. The fraction of sp³-hybridized carbons (Fsp3) is 0.455. The molecule has 4 rings (SSSR count). The second-order valence-corrected chi connectivity index (χ2v) is 8.87. The molecule has 3 aromatic heterocycles. The van der Waals surface area contributed by atoms with Gasteiger partial charge in [-0.1, -0.05) is 0 Å². The lowest BCUT2D eigenvalue weighted by Crippen LogP contribution is -2.59. The number of piperazine rings is 1. The Bertz CT molecular complexity index is 1030. The molecule has 0 unspecified atom stereocenters. The third kappa shape index (κ3) is 4.08. The minimum absolute atomic E-state index is 0.127. The summed E-state index contributed by atoms with van der Waals surface area (Å²) in [5, 5.41) is 4.24. The van der Waals surface area contributed by atoms with Crippen LogP contribution in [0, 0.1) is 0 Å². The number of pyridine rings is 1. The van der Waals surface area contributed by atoms with Crippen molar-refractivity contribution in [3.63, 3.8) is 0 Å². The molecule has 0 N–H and O–H groups in total. The van der Waals surface area contributed by atoms with Crippen LogP contribution in [0.5, 0.6) is 0 Å². The van der Waals surface area contributed by atoms with Crippen LogP contribution in [0.4, 0.5) is 10.6 Å². The SMILES string of the molecule is C[C@H]1CN(C(=O)OC(C)(C)C)C[C@H](C)N1c1ccc(-c2cnc3ccnn3c2)cn1. The maximum Gasteiger partial charge on any atom is 0.410 e. The molecule has 1 aliphatic heterocycles. The first-order valence-electron chi connectivity index (χ1n) is 10.2. The topological polar surface area (TPSA) is 75.9 Å². The van der Waals surface area contributed by atoms with Crippen LogP contribution in [-0.4, -0.2) is 61.3 Å². The minimum atomic E-state index is -0.494. The summed E-state index contributed by atoms with van der Waals surface area (Å²) in [5.74, 6) is 0.899. The number of rotatable bonds is 2. The van der Waals surface area contributed by atoms with Gasteiger partial charge in [-0.3, -0.25) is 0 Å². The molecule has 30 heavy (non-hydrogen) atoms. The maximum absolute atomic E-state index is 12.5. The molecule has 0 bridgehead atoms. The number of ether oxygens (including phenoxy) is 1. The van der Waals surface area contributed by atoms with Crippen molar-refractivity contribution in [1.82, 2.24) is 24.5 Å². The Balaban J connectivity index is 1.49. The monoisotopic (exact) mass is 408 g/mol. The predicted molar refractivity (Wildman–Crippen MR) is 115 cm³/mol. The van der Waals surface area contributed by atoms with Crippen LogP contribution in [0.1, 0.15) is 34.6 Å². The van der Waals surface area contributed by atoms with Gasteiger partial charge in [-0.2, -0.15) is 5.10 Å². The number of hydrogen-bond acceptors (Lipinski definition) is 6. The molecule has 8 nitrogen and oxygen atoms in total. The summed E-state index contributed by atoms with van der Waals surface area (Å²) in [5.41, 5.74) is 2.26. The van der Waals surface area contributed by atoms with Crippen molar-refractivity contribution in [2.75, 3.05) is 18.0 Å². The van der Waals surface area contributed by atoms with Gasteiger partial charge >= 0.3 is 6.09 Å².